The van der Waals surface area contributed by atoms with Crippen LogP contribution in [0, 0.1) is 0 Å². The van der Waals surface area contributed by atoms with E-state index in [1.165, 1.54) is 0 Å². The molecule has 2 heterocycles. The Morgan fingerprint density at radius 1 is 0.812 bits per heavy atom. The highest BCUT2D eigenvalue weighted by molar-refractivity contribution is 6.07. The van der Waals surface area contributed by atoms with E-state index in [1.54, 1.807) is 0 Å². The van der Waals surface area contributed by atoms with Crippen LogP contribution in [-0.4, -0.2) is 11.7 Å². The topological polar surface area (TPSA) is 129 Å². The Balaban J connectivity index is 2.25. The second-order valence-corrected chi connectivity index (χ2v) is 3.95. The molecule has 2 atom stereocenters. The van der Waals surface area contributed by atoms with Crippen LogP contribution < -0.4 is 22.9 Å². The molecule has 16 heavy (non-hydrogen) atoms. The molecule has 0 amide bonds. The first-order valence-corrected chi connectivity index (χ1v) is 4.94. The lowest BCUT2D eigenvalue weighted by Gasteiger charge is -2.09. The largest absolute Gasteiger partial charge is 0.383 e. The molecule has 1 aromatic rings. The Kier molecular flexibility index (Phi) is 1.63. The van der Waals surface area contributed by atoms with Crippen molar-refractivity contribution in [3.8, 4) is 0 Å². The maximum Gasteiger partial charge on any atom is 0.128 e. The molecule has 0 aromatic heterocycles. The summed E-state index contributed by atoms with van der Waals surface area (Å²) < 4.78 is 0. The lowest BCUT2D eigenvalue weighted by molar-refractivity contribution is 0.770. The van der Waals surface area contributed by atoms with E-state index >= 15 is 0 Å². The van der Waals surface area contributed by atoms with Crippen LogP contribution in [0.2, 0.25) is 0 Å². The van der Waals surface area contributed by atoms with Gasteiger partial charge in [0.05, 0.1) is 0 Å². The Morgan fingerprint density at radius 2 is 1.25 bits per heavy atom. The van der Waals surface area contributed by atoms with Crippen LogP contribution in [-0.2, 0) is 0 Å². The summed E-state index contributed by atoms with van der Waals surface area (Å²) in [5, 5.41) is 0. The van der Waals surface area contributed by atoms with Gasteiger partial charge in [-0.15, -0.1) is 0 Å². The fourth-order valence-corrected chi connectivity index (χ4v) is 2.14. The summed E-state index contributed by atoms with van der Waals surface area (Å²) in [6.07, 6.45) is -0.816. The minimum absolute atomic E-state index is 0.408. The van der Waals surface area contributed by atoms with Gasteiger partial charge in [0.1, 0.15) is 24.0 Å². The number of amidine groups is 2. The Hall–Kier alpha value is -1.92. The molecular formula is C10H12N6. The molecule has 0 aliphatic carbocycles. The van der Waals surface area contributed by atoms with E-state index in [0.717, 1.165) is 22.3 Å². The number of hydrogen-bond acceptors (Lipinski definition) is 6. The summed E-state index contributed by atoms with van der Waals surface area (Å²) in [5.74, 6) is 0.886. The Labute approximate surface area is 92.0 Å². The van der Waals surface area contributed by atoms with Crippen molar-refractivity contribution < 1.29 is 0 Å². The monoisotopic (exact) mass is 216 g/mol. The average molecular weight is 216 g/mol. The average Bonchev–Trinajstić information content (AvgIpc) is 2.67. The molecule has 6 heteroatoms. The van der Waals surface area contributed by atoms with Gasteiger partial charge >= 0.3 is 0 Å². The highest BCUT2D eigenvalue weighted by atomic mass is 15.0. The van der Waals surface area contributed by atoms with E-state index in [1.807, 2.05) is 12.1 Å². The van der Waals surface area contributed by atoms with Gasteiger partial charge < -0.3 is 22.9 Å². The highest BCUT2D eigenvalue weighted by Crippen LogP contribution is 2.32. The molecule has 3 rings (SSSR count). The van der Waals surface area contributed by atoms with Gasteiger partial charge in [-0.05, 0) is 12.1 Å². The van der Waals surface area contributed by atoms with E-state index < -0.39 is 12.3 Å². The van der Waals surface area contributed by atoms with Gasteiger partial charge in [-0.3, -0.25) is 0 Å². The van der Waals surface area contributed by atoms with Gasteiger partial charge in [0.15, 0.2) is 0 Å². The summed E-state index contributed by atoms with van der Waals surface area (Å²) >= 11 is 0. The van der Waals surface area contributed by atoms with Crippen molar-refractivity contribution in [2.24, 2.45) is 32.9 Å². The molecule has 82 valence electrons. The predicted molar refractivity (Wildman–Crippen MR) is 61.7 cm³/mol. The number of fused-ring (bicyclic) bond motifs is 2. The molecule has 0 radical (unpaired) electrons. The summed E-state index contributed by atoms with van der Waals surface area (Å²) in [6, 6.07) is 3.76. The van der Waals surface area contributed by atoms with Crippen molar-refractivity contribution in [2.45, 2.75) is 12.3 Å². The number of nitrogens with two attached hydrogens (primary N) is 4. The number of aliphatic imine (C=N–C) groups is 2. The number of benzene rings is 1. The maximum absolute atomic E-state index is 5.83. The van der Waals surface area contributed by atoms with Crippen LogP contribution in [0.3, 0.4) is 0 Å². The molecule has 6 nitrogen and oxygen atoms in total. The van der Waals surface area contributed by atoms with Crippen molar-refractivity contribution in [3.63, 3.8) is 0 Å². The molecule has 2 unspecified atom stereocenters. The van der Waals surface area contributed by atoms with Crippen molar-refractivity contribution in [1.29, 1.82) is 0 Å². The molecule has 0 spiro atoms. The van der Waals surface area contributed by atoms with Crippen molar-refractivity contribution >= 4 is 11.7 Å². The number of rotatable bonds is 0. The Bertz CT molecular complexity index is 499. The fraction of sp³-hybridized carbons (Fsp3) is 0.200. The van der Waals surface area contributed by atoms with E-state index in [2.05, 4.69) is 9.98 Å². The van der Waals surface area contributed by atoms with Crippen LogP contribution in [0.15, 0.2) is 22.1 Å². The van der Waals surface area contributed by atoms with E-state index in [-0.39, 0.29) is 0 Å². The Morgan fingerprint density at radius 3 is 1.69 bits per heavy atom. The standard InChI is InChI=1S/C10H12N6/c11-7-3-1-4-6(10(14)16-8(4)12)2-5(3)9(13)15-7/h1-2,7-8H,11-12H2,(H2,13,15)(H2,14,16). The van der Waals surface area contributed by atoms with E-state index in [0.29, 0.717) is 11.7 Å². The van der Waals surface area contributed by atoms with Gasteiger partial charge in [-0.25, -0.2) is 9.98 Å². The van der Waals surface area contributed by atoms with Crippen molar-refractivity contribution in [3.05, 3.63) is 34.4 Å². The zero-order chi connectivity index (χ0) is 11.4. The molecule has 8 N–H and O–H groups in total. The highest BCUT2D eigenvalue weighted by Gasteiger charge is 2.28. The first-order chi connectivity index (χ1) is 7.58. The molecular weight excluding hydrogens is 204 g/mol. The van der Waals surface area contributed by atoms with Crippen molar-refractivity contribution in [1.82, 2.24) is 0 Å². The second-order valence-electron chi connectivity index (χ2n) is 3.95. The number of nitrogens with zero attached hydrogens (tertiary/aromatic N) is 2. The van der Waals surface area contributed by atoms with Gasteiger partial charge in [-0.2, -0.15) is 0 Å². The van der Waals surface area contributed by atoms with Gasteiger partial charge in [0.25, 0.3) is 0 Å². The summed E-state index contributed by atoms with van der Waals surface area (Å²) in [4.78, 5) is 8.20. The van der Waals surface area contributed by atoms with Crippen molar-refractivity contribution in [2.75, 3.05) is 0 Å². The van der Waals surface area contributed by atoms with Crippen LogP contribution in [0.25, 0.3) is 0 Å². The minimum Gasteiger partial charge on any atom is -0.383 e. The molecule has 0 saturated heterocycles. The summed E-state index contributed by atoms with van der Waals surface area (Å²) in [6.45, 7) is 0. The quantitative estimate of drug-likeness (QED) is 0.445. The van der Waals surface area contributed by atoms with E-state index in [4.69, 9.17) is 22.9 Å². The smallest absolute Gasteiger partial charge is 0.128 e. The lowest BCUT2D eigenvalue weighted by atomic mass is 9.98. The van der Waals surface area contributed by atoms with Gasteiger partial charge in [0, 0.05) is 22.3 Å². The first kappa shape index (κ1) is 9.32. The molecule has 2 aliphatic rings. The van der Waals surface area contributed by atoms with Crippen LogP contribution >= 0.6 is 0 Å². The van der Waals surface area contributed by atoms with Crippen LogP contribution in [0.5, 0.6) is 0 Å². The molecule has 2 aliphatic heterocycles. The van der Waals surface area contributed by atoms with E-state index in [9.17, 15) is 0 Å². The summed E-state index contributed by atoms with van der Waals surface area (Å²) in [7, 11) is 0. The third-order valence-electron chi connectivity index (χ3n) is 2.97. The molecule has 1 aromatic carbocycles. The minimum atomic E-state index is -0.408. The van der Waals surface area contributed by atoms with Gasteiger partial charge in [-0.1, -0.05) is 0 Å². The van der Waals surface area contributed by atoms with Gasteiger partial charge in [0.2, 0.25) is 0 Å². The van der Waals surface area contributed by atoms with Crippen LogP contribution in [0.1, 0.15) is 34.6 Å². The third kappa shape index (κ3) is 1.02. The molecule has 0 saturated carbocycles. The predicted octanol–water partition coefficient (Wildman–Crippen LogP) is -0.961. The normalized spacial score (nSPS) is 26.1. The molecule has 0 fully saturated rings. The number of hydrogen-bond donors (Lipinski definition) is 4. The third-order valence-corrected chi connectivity index (χ3v) is 2.97. The zero-order valence-electron chi connectivity index (χ0n) is 8.51. The second kappa shape index (κ2) is 2.81. The summed E-state index contributed by atoms with van der Waals surface area (Å²) in [5.41, 5.74) is 26.6. The molecule has 0 bridgehead atoms. The maximum atomic E-state index is 5.83. The fourth-order valence-electron chi connectivity index (χ4n) is 2.14. The first-order valence-electron chi connectivity index (χ1n) is 4.94. The van der Waals surface area contributed by atoms with Crippen LogP contribution in [0.4, 0.5) is 0 Å². The SMILES string of the molecule is NC1=NC(N)c2cc3c(cc21)C(N)=NC3N. The zero-order valence-corrected chi connectivity index (χ0v) is 8.51. The lowest BCUT2D eigenvalue weighted by Crippen LogP contribution is -2.15.